The lowest BCUT2D eigenvalue weighted by atomic mass is 10.1. The first-order chi connectivity index (χ1) is 10.5. The molecule has 1 aromatic rings. The number of nitrogens with one attached hydrogen (secondary N) is 1. The number of carbonyl (C=O) groups excluding carboxylic acids is 1. The summed E-state index contributed by atoms with van der Waals surface area (Å²) in [6.07, 6.45) is 0. The highest BCUT2D eigenvalue weighted by Crippen LogP contribution is 2.27. The van der Waals surface area contributed by atoms with Crippen LogP contribution in [-0.4, -0.2) is 45.6 Å². The van der Waals surface area contributed by atoms with Crippen LogP contribution in [0.25, 0.3) is 0 Å². The number of aliphatic hydroxyl groups is 1. The van der Waals surface area contributed by atoms with E-state index in [1.54, 1.807) is 20.8 Å². The standard InChI is InChI=1S/C15H22ClN3O4/c1-5-18(9-15(3,4)21)10(2)14(20)17-13-7-6-11(19(22)23)8-12(13)16/h6-8,10,21H,5,9H2,1-4H3,(H,17,20). The SMILES string of the molecule is CCN(CC(C)(C)O)C(C)C(=O)Nc1ccc([N+](=O)[O-])cc1Cl. The van der Waals surface area contributed by atoms with Crippen LogP contribution in [0.2, 0.25) is 5.02 Å². The Kier molecular flexibility index (Phi) is 6.49. The van der Waals surface area contributed by atoms with Gasteiger partial charge in [0.25, 0.3) is 5.69 Å². The molecule has 23 heavy (non-hydrogen) atoms. The summed E-state index contributed by atoms with van der Waals surface area (Å²) < 4.78 is 0. The van der Waals surface area contributed by atoms with Gasteiger partial charge in [0.05, 0.1) is 27.3 Å². The van der Waals surface area contributed by atoms with Crippen LogP contribution < -0.4 is 5.32 Å². The van der Waals surface area contributed by atoms with E-state index >= 15 is 0 Å². The third-order valence-corrected chi connectivity index (χ3v) is 3.66. The number of halogens is 1. The number of hydrogen-bond donors (Lipinski definition) is 2. The fourth-order valence-corrected chi connectivity index (χ4v) is 2.36. The first-order valence-electron chi connectivity index (χ1n) is 7.26. The van der Waals surface area contributed by atoms with Crippen LogP contribution in [0.5, 0.6) is 0 Å². The summed E-state index contributed by atoms with van der Waals surface area (Å²) in [5.74, 6) is -0.299. The molecule has 1 rings (SSSR count). The second kappa shape index (κ2) is 7.72. The lowest BCUT2D eigenvalue weighted by Crippen LogP contribution is -2.48. The van der Waals surface area contributed by atoms with Crippen LogP contribution in [0.15, 0.2) is 18.2 Å². The second-order valence-electron chi connectivity index (χ2n) is 5.96. The van der Waals surface area contributed by atoms with Crippen molar-refractivity contribution >= 4 is 28.9 Å². The lowest BCUT2D eigenvalue weighted by Gasteiger charge is -2.32. The van der Waals surface area contributed by atoms with E-state index in [-0.39, 0.29) is 16.6 Å². The molecule has 1 unspecified atom stereocenters. The Bertz CT molecular complexity index is 587. The van der Waals surface area contributed by atoms with E-state index < -0.39 is 16.6 Å². The largest absolute Gasteiger partial charge is 0.389 e. The molecular weight excluding hydrogens is 322 g/mol. The van der Waals surface area contributed by atoms with Crippen LogP contribution >= 0.6 is 11.6 Å². The normalized spacial score (nSPS) is 13.0. The van der Waals surface area contributed by atoms with Crippen LogP contribution in [0.3, 0.4) is 0 Å². The number of likely N-dealkylation sites (N-methyl/N-ethyl adjacent to an activating group) is 1. The molecule has 1 atom stereocenters. The first kappa shape index (κ1) is 19.3. The average Bonchev–Trinajstić information content (AvgIpc) is 2.44. The molecule has 0 saturated carbocycles. The molecule has 0 spiro atoms. The van der Waals surface area contributed by atoms with E-state index in [1.807, 2.05) is 11.8 Å². The zero-order valence-corrected chi connectivity index (χ0v) is 14.4. The summed E-state index contributed by atoms with van der Waals surface area (Å²) in [5, 5.41) is 23.4. The molecule has 2 N–H and O–H groups in total. The fraction of sp³-hybridized carbons (Fsp3) is 0.533. The van der Waals surface area contributed by atoms with Gasteiger partial charge in [-0.3, -0.25) is 19.8 Å². The quantitative estimate of drug-likeness (QED) is 0.586. The van der Waals surface area contributed by atoms with Crippen LogP contribution in [0, 0.1) is 10.1 Å². The molecule has 7 nitrogen and oxygen atoms in total. The van der Waals surface area contributed by atoms with Gasteiger partial charge >= 0.3 is 0 Å². The summed E-state index contributed by atoms with van der Waals surface area (Å²) in [4.78, 5) is 24.3. The zero-order valence-electron chi connectivity index (χ0n) is 13.7. The Morgan fingerprint density at radius 2 is 2.13 bits per heavy atom. The molecule has 0 aliphatic heterocycles. The van der Waals surface area contributed by atoms with Crippen molar-refractivity contribution in [2.75, 3.05) is 18.4 Å². The Balaban J connectivity index is 2.84. The van der Waals surface area contributed by atoms with Gasteiger partial charge in [-0.2, -0.15) is 0 Å². The smallest absolute Gasteiger partial charge is 0.271 e. The molecule has 1 aromatic carbocycles. The Morgan fingerprint density at radius 3 is 2.57 bits per heavy atom. The van der Waals surface area contributed by atoms with Gasteiger partial charge in [0, 0.05) is 18.7 Å². The van der Waals surface area contributed by atoms with Crippen molar-refractivity contribution in [3.05, 3.63) is 33.3 Å². The summed E-state index contributed by atoms with van der Waals surface area (Å²) in [6, 6.07) is 3.38. The summed E-state index contributed by atoms with van der Waals surface area (Å²) >= 11 is 5.97. The van der Waals surface area contributed by atoms with Gasteiger partial charge in [0.15, 0.2) is 0 Å². The van der Waals surface area contributed by atoms with Crippen LogP contribution in [0.4, 0.5) is 11.4 Å². The van der Waals surface area contributed by atoms with Gasteiger partial charge in [-0.25, -0.2) is 0 Å². The van der Waals surface area contributed by atoms with Crippen molar-refractivity contribution in [2.45, 2.75) is 39.3 Å². The number of anilines is 1. The summed E-state index contributed by atoms with van der Waals surface area (Å²) in [5.41, 5.74) is -0.748. The van der Waals surface area contributed by atoms with E-state index in [4.69, 9.17) is 11.6 Å². The predicted octanol–water partition coefficient (Wildman–Crippen LogP) is 2.67. The molecule has 1 amide bonds. The molecule has 0 aliphatic rings. The molecule has 128 valence electrons. The molecular formula is C15H22ClN3O4. The Hall–Kier alpha value is -1.70. The number of amides is 1. The number of benzene rings is 1. The van der Waals surface area contributed by atoms with Crippen molar-refractivity contribution < 1.29 is 14.8 Å². The van der Waals surface area contributed by atoms with Gasteiger partial charge in [-0.1, -0.05) is 18.5 Å². The van der Waals surface area contributed by atoms with Crippen LogP contribution in [-0.2, 0) is 4.79 Å². The highest BCUT2D eigenvalue weighted by Gasteiger charge is 2.26. The first-order valence-corrected chi connectivity index (χ1v) is 7.64. The minimum Gasteiger partial charge on any atom is -0.389 e. The number of nitro groups is 1. The molecule has 0 saturated heterocycles. The summed E-state index contributed by atoms with van der Waals surface area (Å²) in [7, 11) is 0. The molecule has 8 heteroatoms. The van der Waals surface area contributed by atoms with E-state index in [1.165, 1.54) is 18.2 Å². The highest BCUT2D eigenvalue weighted by molar-refractivity contribution is 6.34. The van der Waals surface area contributed by atoms with Gasteiger partial charge in [0.1, 0.15) is 0 Å². The van der Waals surface area contributed by atoms with Crippen LogP contribution in [0.1, 0.15) is 27.7 Å². The van der Waals surface area contributed by atoms with Gasteiger partial charge < -0.3 is 10.4 Å². The van der Waals surface area contributed by atoms with Crippen molar-refractivity contribution in [2.24, 2.45) is 0 Å². The molecule has 0 fully saturated rings. The zero-order chi connectivity index (χ0) is 17.8. The van der Waals surface area contributed by atoms with E-state index in [0.717, 1.165) is 0 Å². The van der Waals surface area contributed by atoms with E-state index in [0.29, 0.717) is 18.8 Å². The number of hydrogen-bond acceptors (Lipinski definition) is 5. The number of non-ortho nitro benzene ring substituents is 1. The summed E-state index contributed by atoms with van der Waals surface area (Å²) in [6.45, 7) is 7.90. The monoisotopic (exact) mass is 343 g/mol. The number of nitro benzene ring substituents is 1. The van der Waals surface area contributed by atoms with E-state index in [2.05, 4.69) is 5.32 Å². The molecule has 0 aliphatic carbocycles. The van der Waals surface area contributed by atoms with Crippen molar-refractivity contribution in [3.8, 4) is 0 Å². The third kappa shape index (κ3) is 5.78. The van der Waals surface area contributed by atoms with Gasteiger partial charge in [-0.05, 0) is 33.4 Å². The second-order valence-corrected chi connectivity index (χ2v) is 6.37. The molecule has 0 radical (unpaired) electrons. The number of carbonyl (C=O) groups is 1. The van der Waals surface area contributed by atoms with Gasteiger partial charge in [0.2, 0.25) is 5.91 Å². The average molecular weight is 344 g/mol. The van der Waals surface area contributed by atoms with Crippen molar-refractivity contribution in [3.63, 3.8) is 0 Å². The van der Waals surface area contributed by atoms with E-state index in [9.17, 15) is 20.0 Å². The third-order valence-electron chi connectivity index (χ3n) is 3.34. The minimum absolute atomic E-state index is 0.102. The molecule has 0 heterocycles. The minimum atomic E-state index is -0.921. The number of nitrogens with zero attached hydrogens (tertiary/aromatic N) is 2. The predicted molar refractivity (Wildman–Crippen MR) is 89.7 cm³/mol. The van der Waals surface area contributed by atoms with Crippen molar-refractivity contribution in [1.82, 2.24) is 4.90 Å². The maximum atomic E-state index is 12.3. The molecule has 0 bridgehead atoms. The maximum absolute atomic E-state index is 12.3. The number of rotatable bonds is 7. The Labute approximate surface area is 140 Å². The highest BCUT2D eigenvalue weighted by atomic mass is 35.5. The van der Waals surface area contributed by atoms with Gasteiger partial charge in [-0.15, -0.1) is 0 Å². The maximum Gasteiger partial charge on any atom is 0.271 e. The fourth-order valence-electron chi connectivity index (χ4n) is 2.14. The van der Waals surface area contributed by atoms with Crippen molar-refractivity contribution in [1.29, 1.82) is 0 Å². The Morgan fingerprint density at radius 1 is 1.52 bits per heavy atom. The molecule has 0 aromatic heterocycles. The lowest BCUT2D eigenvalue weighted by molar-refractivity contribution is -0.384. The topological polar surface area (TPSA) is 95.7 Å².